The number of carbonyl (C=O) groups is 3. The summed E-state index contributed by atoms with van der Waals surface area (Å²) >= 11 is 1.20. The van der Waals surface area contributed by atoms with Gasteiger partial charge >= 0.3 is 5.97 Å². The molecule has 1 atom stereocenters. The molecule has 2 amide bonds. The van der Waals surface area contributed by atoms with Crippen molar-refractivity contribution in [1.82, 2.24) is 9.88 Å². The Morgan fingerprint density at radius 2 is 2.19 bits per heavy atom. The van der Waals surface area contributed by atoms with E-state index in [0.29, 0.717) is 4.80 Å². The van der Waals surface area contributed by atoms with Crippen LogP contribution in [-0.2, 0) is 21.1 Å². The molecule has 0 saturated carbocycles. The van der Waals surface area contributed by atoms with E-state index in [-0.39, 0.29) is 48.2 Å². The molecule has 10 heteroatoms. The van der Waals surface area contributed by atoms with Gasteiger partial charge in [-0.15, -0.1) is 11.3 Å². The van der Waals surface area contributed by atoms with Gasteiger partial charge in [-0.3, -0.25) is 19.0 Å². The normalized spacial score (nSPS) is 16.5. The predicted molar refractivity (Wildman–Crippen MR) is 114 cm³/mol. The minimum absolute atomic E-state index is 0.0147. The van der Waals surface area contributed by atoms with Crippen LogP contribution in [0.15, 0.2) is 34.8 Å². The Labute approximate surface area is 183 Å². The van der Waals surface area contributed by atoms with Crippen molar-refractivity contribution in [1.29, 1.82) is 0 Å². The molecule has 0 spiro atoms. The Kier molecular flexibility index (Phi) is 7.69. The third-order valence-corrected chi connectivity index (χ3v) is 5.43. The van der Waals surface area contributed by atoms with Crippen molar-refractivity contribution >= 4 is 34.8 Å². The number of aromatic nitrogens is 1. The second kappa shape index (κ2) is 10.5. The average Bonchev–Trinajstić information content (AvgIpc) is 3.39. The lowest BCUT2D eigenvalue weighted by atomic mass is 10.1. The summed E-state index contributed by atoms with van der Waals surface area (Å²) in [7, 11) is 0. The van der Waals surface area contributed by atoms with E-state index in [0.717, 1.165) is 25.5 Å². The summed E-state index contributed by atoms with van der Waals surface area (Å²) < 4.78 is 21.2. The van der Waals surface area contributed by atoms with Crippen LogP contribution >= 0.6 is 11.3 Å². The fourth-order valence-electron chi connectivity index (χ4n) is 3.08. The Morgan fingerprint density at radius 1 is 1.39 bits per heavy atom. The molecule has 1 aliphatic heterocycles. The molecule has 0 bridgehead atoms. The summed E-state index contributed by atoms with van der Waals surface area (Å²) in [6.45, 7) is 4.50. The molecular formula is C21H25FN4O4S. The molecule has 1 fully saturated rings. The maximum Gasteiger partial charge on any atom is 0.324 e. The number of thiazole rings is 1. The van der Waals surface area contributed by atoms with Crippen molar-refractivity contribution < 1.29 is 23.5 Å². The van der Waals surface area contributed by atoms with Crippen LogP contribution in [0.25, 0.3) is 0 Å². The molecule has 166 valence electrons. The van der Waals surface area contributed by atoms with Crippen molar-refractivity contribution in [2.75, 3.05) is 11.9 Å². The Balaban J connectivity index is 1.67. The Bertz CT molecular complexity index is 1020. The van der Waals surface area contributed by atoms with Crippen LogP contribution in [0, 0.1) is 11.7 Å². The van der Waals surface area contributed by atoms with E-state index < -0.39 is 11.7 Å². The quantitative estimate of drug-likeness (QED) is 0.634. The van der Waals surface area contributed by atoms with Gasteiger partial charge in [-0.2, -0.15) is 4.99 Å². The zero-order chi connectivity index (χ0) is 22.4. The topological polar surface area (TPSA) is 102 Å². The molecule has 2 N–H and O–H groups in total. The number of hydrogen-bond donors (Lipinski definition) is 2. The molecular weight excluding hydrogens is 423 g/mol. The smallest absolute Gasteiger partial charge is 0.324 e. The van der Waals surface area contributed by atoms with Gasteiger partial charge in [0.1, 0.15) is 11.9 Å². The number of nitrogens with zero attached hydrogens (tertiary/aromatic N) is 2. The van der Waals surface area contributed by atoms with E-state index in [1.165, 1.54) is 28.0 Å². The minimum Gasteiger partial charge on any atom is -0.443 e. The number of amides is 2. The third-order valence-electron chi connectivity index (χ3n) is 4.63. The first-order chi connectivity index (χ1) is 14.8. The van der Waals surface area contributed by atoms with Gasteiger partial charge < -0.3 is 15.4 Å². The number of rotatable bonds is 7. The lowest BCUT2D eigenvalue weighted by Gasteiger charge is -2.10. The van der Waals surface area contributed by atoms with E-state index in [9.17, 15) is 18.8 Å². The van der Waals surface area contributed by atoms with Gasteiger partial charge in [-0.25, -0.2) is 4.39 Å². The van der Waals surface area contributed by atoms with Crippen molar-refractivity contribution in [3.8, 4) is 0 Å². The van der Waals surface area contributed by atoms with E-state index >= 15 is 0 Å². The van der Waals surface area contributed by atoms with Crippen LogP contribution < -0.4 is 15.4 Å². The first kappa shape index (κ1) is 22.8. The molecule has 1 aromatic carbocycles. The first-order valence-corrected chi connectivity index (χ1v) is 10.9. The Morgan fingerprint density at radius 3 is 2.87 bits per heavy atom. The van der Waals surface area contributed by atoms with Gasteiger partial charge in [-0.1, -0.05) is 13.8 Å². The van der Waals surface area contributed by atoms with Crippen LogP contribution in [0.3, 0.4) is 0 Å². The molecule has 1 aromatic heterocycles. The number of benzene rings is 1. The summed E-state index contributed by atoms with van der Waals surface area (Å²) in [5.41, 5.74) is 0.0623. The summed E-state index contributed by atoms with van der Waals surface area (Å²) in [6.07, 6.45) is 3.59. The largest absolute Gasteiger partial charge is 0.443 e. The highest BCUT2D eigenvalue weighted by Gasteiger charge is 2.23. The highest BCUT2D eigenvalue weighted by Crippen LogP contribution is 2.17. The van der Waals surface area contributed by atoms with Crippen LogP contribution in [0.5, 0.6) is 0 Å². The average molecular weight is 449 g/mol. The number of halogens is 1. The van der Waals surface area contributed by atoms with Gasteiger partial charge in [-0.05, 0) is 43.5 Å². The maximum absolute atomic E-state index is 14.3. The lowest BCUT2D eigenvalue weighted by molar-refractivity contribution is -0.149. The van der Waals surface area contributed by atoms with Crippen molar-refractivity contribution in [3.05, 3.63) is 46.0 Å². The van der Waals surface area contributed by atoms with Crippen molar-refractivity contribution in [3.63, 3.8) is 0 Å². The molecule has 1 unspecified atom stereocenters. The van der Waals surface area contributed by atoms with Crippen LogP contribution in [0.2, 0.25) is 0 Å². The summed E-state index contributed by atoms with van der Waals surface area (Å²) in [6, 6.07) is 3.49. The number of nitrogens with one attached hydrogen (secondary N) is 2. The lowest BCUT2D eigenvalue weighted by Crippen LogP contribution is -2.33. The molecule has 0 radical (unpaired) electrons. The van der Waals surface area contributed by atoms with Crippen LogP contribution in [-0.4, -0.2) is 34.9 Å². The zero-order valence-electron chi connectivity index (χ0n) is 17.4. The van der Waals surface area contributed by atoms with Crippen LogP contribution in [0.4, 0.5) is 10.1 Å². The predicted octanol–water partition coefficient (Wildman–Crippen LogP) is 2.67. The van der Waals surface area contributed by atoms with E-state index in [2.05, 4.69) is 15.6 Å². The molecule has 8 nitrogen and oxygen atoms in total. The molecule has 2 heterocycles. The molecule has 31 heavy (non-hydrogen) atoms. The van der Waals surface area contributed by atoms with E-state index in [4.69, 9.17) is 4.74 Å². The third kappa shape index (κ3) is 6.31. The number of esters is 1. The van der Waals surface area contributed by atoms with Gasteiger partial charge in [0.15, 0.2) is 11.5 Å². The zero-order valence-corrected chi connectivity index (χ0v) is 18.2. The van der Waals surface area contributed by atoms with Crippen molar-refractivity contribution in [2.45, 2.75) is 45.9 Å². The highest BCUT2D eigenvalue weighted by molar-refractivity contribution is 7.07. The molecule has 0 aliphatic carbocycles. The number of anilines is 1. The van der Waals surface area contributed by atoms with E-state index in [1.54, 1.807) is 11.6 Å². The SMILES string of the molecule is CC(C)CC(=O)Nc1ccc(C(=O)N=c2sccn2COC(=O)C2CCCN2)cc1F. The monoisotopic (exact) mass is 448 g/mol. The van der Waals surface area contributed by atoms with Crippen LogP contribution in [0.1, 0.15) is 43.5 Å². The standard InChI is InChI=1S/C21H25FN4O4S/c1-13(2)10-18(27)24-16-6-5-14(11-15(16)22)19(28)25-21-26(8-9-31-21)12-30-20(29)17-4-3-7-23-17/h5-6,8-9,11,13,17,23H,3-4,7,10,12H2,1-2H3,(H,24,27). The summed E-state index contributed by atoms with van der Waals surface area (Å²) in [5.74, 6) is -1.84. The molecule has 1 aliphatic rings. The van der Waals surface area contributed by atoms with Gasteiger partial charge in [0.2, 0.25) is 5.91 Å². The molecule has 2 aromatic rings. The van der Waals surface area contributed by atoms with Gasteiger partial charge in [0, 0.05) is 23.6 Å². The number of ether oxygens (including phenoxy) is 1. The first-order valence-electron chi connectivity index (χ1n) is 10.1. The minimum atomic E-state index is -0.713. The van der Waals surface area contributed by atoms with E-state index in [1.807, 2.05) is 13.8 Å². The number of carbonyl (C=O) groups excluding carboxylic acids is 3. The van der Waals surface area contributed by atoms with Crippen molar-refractivity contribution in [2.24, 2.45) is 10.9 Å². The second-order valence-electron chi connectivity index (χ2n) is 7.65. The maximum atomic E-state index is 14.3. The number of hydrogen-bond acceptors (Lipinski definition) is 6. The molecule has 1 saturated heterocycles. The fraction of sp³-hybridized carbons (Fsp3) is 0.429. The second-order valence-corrected chi connectivity index (χ2v) is 8.53. The Hall–Kier alpha value is -2.85. The fourth-order valence-corrected chi connectivity index (χ4v) is 3.79. The highest BCUT2D eigenvalue weighted by atomic mass is 32.1. The molecule has 3 rings (SSSR count). The summed E-state index contributed by atoms with van der Waals surface area (Å²) in [5, 5.41) is 7.28. The van der Waals surface area contributed by atoms with Gasteiger partial charge in [0.05, 0.1) is 5.69 Å². The van der Waals surface area contributed by atoms with Gasteiger partial charge in [0.25, 0.3) is 5.91 Å². The summed E-state index contributed by atoms with van der Waals surface area (Å²) in [4.78, 5) is 40.7.